The van der Waals surface area contributed by atoms with Gasteiger partial charge in [0.05, 0.1) is 7.11 Å². The van der Waals surface area contributed by atoms with Crippen LogP contribution in [0.5, 0.6) is 5.75 Å². The number of carbonyl (C=O) groups excluding carboxylic acids is 1. The Kier molecular flexibility index (Phi) is 5.42. The number of halogens is 1. The Balaban J connectivity index is 1.63. The SMILES string of the molecule is COc1ccc(F)cc1CN1CCN(C(=O)c2cc(N)ccc2C)CC1. The lowest BCUT2D eigenvalue weighted by atomic mass is 10.1. The highest BCUT2D eigenvalue weighted by atomic mass is 19.1. The minimum atomic E-state index is -0.272. The molecule has 1 fully saturated rings. The number of rotatable bonds is 4. The van der Waals surface area contributed by atoms with E-state index in [0.29, 0.717) is 36.6 Å². The molecule has 0 saturated carbocycles. The minimum Gasteiger partial charge on any atom is -0.496 e. The summed E-state index contributed by atoms with van der Waals surface area (Å²) in [5, 5.41) is 0. The van der Waals surface area contributed by atoms with Gasteiger partial charge in [0.1, 0.15) is 11.6 Å². The van der Waals surface area contributed by atoms with Crippen LogP contribution >= 0.6 is 0 Å². The molecule has 2 N–H and O–H groups in total. The Morgan fingerprint density at radius 3 is 2.58 bits per heavy atom. The highest BCUT2D eigenvalue weighted by molar-refractivity contribution is 5.96. The van der Waals surface area contributed by atoms with E-state index < -0.39 is 0 Å². The summed E-state index contributed by atoms with van der Waals surface area (Å²) in [7, 11) is 1.58. The number of amides is 1. The topological polar surface area (TPSA) is 58.8 Å². The van der Waals surface area contributed by atoms with Gasteiger partial charge in [0.15, 0.2) is 0 Å². The van der Waals surface area contributed by atoms with Gasteiger partial charge in [0.2, 0.25) is 0 Å². The van der Waals surface area contributed by atoms with Gasteiger partial charge in [-0.3, -0.25) is 9.69 Å². The molecule has 0 unspecified atom stereocenters. The van der Waals surface area contributed by atoms with Gasteiger partial charge in [-0.15, -0.1) is 0 Å². The summed E-state index contributed by atoms with van der Waals surface area (Å²) >= 11 is 0. The van der Waals surface area contributed by atoms with Crippen molar-refractivity contribution in [2.45, 2.75) is 13.5 Å². The van der Waals surface area contributed by atoms with Gasteiger partial charge in [0, 0.05) is 49.5 Å². The van der Waals surface area contributed by atoms with Crippen molar-refractivity contribution in [3.8, 4) is 5.75 Å². The molecule has 26 heavy (non-hydrogen) atoms. The molecule has 2 aromatic carbocycles. The van der Waals surface area contributed by atoms with E-state index in [0.717, 1.165) is 24.2 Å². The first-order chi connectivity index (χ1) is 12.5. The average Bonchev–Trinajstić information content (AvgIpc) is 2.64. The normalized spacial score (nSPS) is 15.1. The number of hydrogen-bond acceptors (Lipinski definition) is 4. The summed E-state index contributed by atoms with van der Waals surface area (Å²) in [6, 6.07) is 9.96. The van der Waals surface area contributed by atoms with Crippen molar-refractivity contribution >= 4 is 11.6 Å². The molecule has 1 heterocycles. The van der Waals surface area contributed by atoms with Gasteiger partial charge >= 0.3 is 0 Å². The van der Waals surface area contributed by atoms with Crippen molar-refractivity contribution in [2.24, 2.45) is 0 Å². The van der Waals surface area contributed by atoms with Crippen LogP contribution in [-0.4, -0.2) is 49.0 Å². The van der Waals surface area contributed by atoms with E-state index in [-0.39, 0.29) is 11.7 Å². The molecule has 3 rings (SSSR count). The third-order valence-corrected chi connectivity index (χ3v) is 4.79. The predicted octanol–water partition coefficient (Wildman–Crippen LogP) is 2.68. The maximum Gasteiger partial charge on any atom is 0.254 e. The summed E-state index contributed by atoms with van der Waals surface area (Å²) in [6.45, 7) is 5.23. The van der Waals surface area contributed by atoms with Crippen LogP contribution in [0.25, 0.3) is 0 Å². The molecule has 0 radical (unpaired) electrons. The van der Waals surface area contributed by atoms with Crippen LogP contribution in [-0.2, 0) is 6.54 Å². The second kappa shape index (κ2) is 7.74. The van der Waals surface area contributed by atoms with Gasteiger partial charge in [-0.1, -0.05) is 6.07 Å². The molecule has 6 heteroatoms. The first-order valence-corrected chi connectivity index (χ1v) is 8.68. The Bertz CT molecular complexity index is 802. The first-order valence-electron chi connectivity index (χ1n) is 8.68. The average molecular weight is 357 g/mol. The number of anilines is 1. The Morgan fingerprint density at radius 2 is 1.88 bits per heavy atom. The van der Waals surface area contributed by atoms with E-state index in [4.69, 9.17) is 10.5 Å². The van der Waals surface area contributed by atoms with Crippen LogP contribution in [0, 0.1) is 12.7 Å². The summed E-state index contributed by atoms with van der Waals surface area (Å²) in [4.78, 5) is 16.8. The minimum absolute atomic E-state index is 0.0118. The molecule has 2 aromatic rings. The molecular formula is C20H24FN3O2. The van der Waals surface area contributed by atoms with Crippen LogP contribution in [0.2, 0.25) is 0 Å². The van der Waals surface area contributed by atoms with Crippen molar-refractivity contribution < 1.29 is 13.9 Å². The van der Waals surface area contributed by atoms with Crippen molar-refractivity contribution in [1.82, 2.24) is 9.80 Å². The van der Waals surface area contributed by atoms with Crippen molar-refractivity contribution in [2.75, 3.05) is 39.0 Å². The molecule has 0 atom stereocenters. The van der Waals surface area contributed by atoms with Crippen LogP contribution in [0.1, 0.15) is 21.5 Å². The highest BCUT2D eigenvalue weighted by Crippen LogP contribution is 2.22. The van der Waals surface area contributed by atoms with E-state index in [1.807, 2.05) is 17.9 Å². The molecule has 1 aliphatic heterocycles. The smallest absolute Gasteiger partial charge is 0.254 e. The fourth-order valence-electron chi connectivity index (χ4n) is 3.26. The quantitative estimate of drug-likeness (QED) is 0.855. The number of methoxy groups -OCH3 is 1. The van der Waals surface area contributed by atoms with E-state index >= 15 is 0 Å². The van der Waals surface area contributed by atoms with Crippen LogP contribution in [0.3, 0.4) is 0 Å². The monoisotopic (exact) mass is 357 g/mol. The molecule has 5 nitrogen and oxygen atoms in total. The standard InChI is InChI=1S/C20H24FN3O2/c1-14-3-5-17(22)12-18(14)20(25)24-9-7-23(8-10-24)13-15-11-16(21)4-6-19(15)26-2/h3-6,11-12H,7-10,13,22H2,1-2H3. The zero-order valence-corrected chi connectivity index (χ0v) is 15.2. The zero-order chi connectivity index (χ0) is 18.7. The van der Waals surface area contributed by atoms with Crippen molar-refractivity contribution in [3.63, 3.8) is 0 Å². The summed E-state index contributed by atoms with van der Waals surface area (Å²) in [5.74, 6) is 0.421. The van der Waals surface area contributed by atoms with Crippen molar-refractivity contribution in [1.29, 1.82) is 0 Å². The Labute approximate surface area is 153 Å². The fourth-order valence-corrected chi connectivity index (χ4v) is 3.26. The number of nitrogen functional groups attached to an aromatic ring is 1. The predicted molar refractivity (Wildman–Crippen MR) is 99.7 cm³/mol. The number of aryl methyl sites for hydroxylation is 1. The zero-order valence-electron chi connectivity index (χ0n) is 15.2. The number of piperazine rings is 1. The molecule has 0 aromatic heterocycles. The van der Waals surface area contributed by atoms with Crippen LogP contribution in [0.4, 0.5) is 10.1 Å². The number of nitrogens with zero attached hydrogens (tertiary/aromatic N) is 2. The lowest BCUT2D eigenvalue weighted by Gasteiger charge is -2.35. The molecule has 1 aliphatic rings. The number of carbonyl (C=O) groups is 1. The summed E-state index contributed by atoms with van der Waals surface area (Å²) in [6.07, 6.45) is 0. The van der Waals surface area contributed by atoms with Crippen LogP contribution in [0.15, 0.2) is 36.4 Å². The Morgan fingerprint density at radius 1 is 1.15 bits per heavy atom. The largest absolute Gasteiger partial charge is 0.496 e. The molecule has 0 bridgehead atoms. The number of ether oxygens (including phenoxy) is 1. The maximum absolute atomic E-state index is 13.5. The Hall–Kier alpha value is -2.60. The molecule has 1 saturated heterocycles. The van der Waals surface area contributed by atoms with E-state index in [1.165, 1.54) is 12.1 Å². The number of hydrogen-bond donors (Lipinski definition) is 1. The summed E-state index contributed by atoms with van der Waals surface area (Å²) in [5.41, 5.74) is 8.82. The van der Waals surface area contributed by atoms with Gasteiger partial charge in [0.25, 0.3) is 5.91 Å². The number of nitrogens with two attached hydrogens (primary N) is 1. The van der Waals surface area contributed by atoms with Gasteiger partial charge in [-0.2, -0.15) is 0 Å². The third-order valence-electron chi connectivity index (χ3n) is 4.79. The van der Waals surface area contributed by atoms with Gasteiger partial charge < -0.3 is 15.4 Å². The van der Waals surface area contributed by atoms with E-state index in [9.17, 15) is 9.18 Å². The lowest BCUT2D eigenvalue weighted by molar-refractivity contribution is 0.0626. The third kappa shape index (κ3) is 3.96. The van der Waals surface area contributed by atoms with Gasteiger partial charge in [-0.05, 0) is 42.8 Å². The van der Waals surface area contributed by atoms with E-state index in [1.54, 1.807) is 25.3 Å². The summed E-state index contributed by atoms with van der Waals surface area (Å²) < 4.78 is 18.8. The fraction of sp³-hybridized carbons (Fsp3) is 0.350. The molecule has 138 valence electrons. The second-order valence-corrected chi connectivity index (χ2v) is 6.60. The highest BCUT2D eigenvalue weighted by Gasteiger charge is 2.24. The van der Waals surface area contributed by atoms with Gasteiger partial charge in [-0.25, -0.2) is 4.39 Å². The molecular weight excluding hydrogens is 333 g/mol. The maximum atomic E-state index is 13.5. The number of benzene rings is 2. The molecule has 0 spiro atoms. The lowest BCUT2D eigenvalue weighted by Crippen LogP contribution is -2.48. The molecule has 1 amide bonds. The van der Waals surface area contributed by atoms with Crippen molar-refractivity contribution in [3.05, 3.63) is 58.9 Å². The second-order valence-electron chi connectivity index (χ2n) is 6.60. The molecule has 0 aliphatic carbocycles. The van der Waals surface area contributed by atoms with E-state index in [2.05, 4.69) is 4.90 Å². The first kappa shape index (κ1) is 18.2. The van der Waals surface area contributed by atoms with Crippen LogP contribution < -0.4 is 10.5 Å².